The molecule has 0 aliphatic carbocycles. The van der Waals surface area contributed by atoms with Gasteiger partial charge in [-0.15, -0.1) is 5.10 Å². The van der Waals surface area contributed by atoms with Gasteiger partial charge in [-0.3, -0.25) is 10.1 Å². The van der Waals surface area contributed by atoms with Crippen LogP contribution in [0, 0.1) is 0 Å². The Bertz CT molecular complexity index is 606. The summed E-state index contributed by atoms with van der Waals surface area (Å²) in [5, 5.41) is 7.39. The average Bonchev–Trinajstić information content (AvgIpc) is 2.69. The third-order valence-corrected chi connectivity index (χ3v) is 3.08. The molecule has 92 valence electrons. The van der Waals surface area contributed by atoms with E-state index >= 15 is 0 Å². The number of hydrogen-bond donors (Lipinski definition) is 2. The van der Waals surface area contributed by atoms with Gasteiger partial charge in [0.25, 0.3) is 0 Å². The molecule has 1 aromatic carbocycles. The molecule has 0 unspecified atom stereocenters. The van der Waals surface area contributed by atoms with Crippen LogP contribution in [0.2, 0.25) is 5.02 Å². The van der Waals surface area contributed by atoms with E-state index < -0.39 is 0 Å². The highest BCUT2D eigenvalue weighted by atomic mass is 35.5. The third kappa shape index (κ3) is 1.80. The van der Waals surface area contributed by atoms with Crippen molar-refractivity contribution >= 4 is 29.4 Å². The predicted octanol–water partition coefficient (Wildman–Crippen LogP) is 1.45. The number of aromatic nitrogens is 3. The van der Waals surface area contributed by atoms with Gasteiger partial charge in [0.1, 0.15) is 0 Å². The second-order valence-corrected chi connectivity index (χ2v) is 4.49. The van der Waals surface area contributed by atoms with Gasteiger partial charge in [-0.1, -0.05) is 23.7 Å². The number of rotatable bonds is 1. The van der Waals surface area contributed by atoms with Crippen molar-refractivity contribution in [3.8, 4) is 0 Å². The number of fused-ring (bicyclic) bond motifs is 1. The number of hydrogen-bond acceptors (Lipinski definition) is 4. The van der Waals surface area contributed by atoms with Crippen LogP contribution in [0.5, 0.6) is 0 Å². The van der Waals surface area contributed by atoms with Crippen LogP contribution in [0.4, 0.5) is 11.9 Å². The Kier molecular flexibility index (Phi) is 2.45. The fourth-order valence-corrected chi connectivity index (χ4v) is 2.15. The number of carbonyl (C=O) groups excluding carboxylic acids is 1. The average molecular weight is 264 g/mol. The van der Waals surface area contributed by atoms with Crippen LogP contribution in [0.3, 0.4) is 0 Å². The topological polar surface area (TPSA) is 85.8 Å². The van der Waals surface area contributed by atoms with Crippen molar-refractivity contribution in [3.05, 3.63) is 34.9 Å². The van der Waals surface area contributed by atoms with Crippen molar-refractivity contribution in [1.82, 2.24) is 14.8 Å². The number of anilines is 2. The molecule has 6 nitrogen and oxygen atoms in total. The number of amides is 1. The minimum Gasteiger partial charge on any atom is -0.366 e. The Labute approximate surface area is 108 Å². The van der Waals surface area contributed by atoms with Gasteiger partial charge >= 0.3 is 0 Å². The highest BCUT2D eigenvalue weighted by Crippen LogP contribution is 2.29. The second-order valence-electron chi connectivity index (χ2n) is 4.06. The minimum atomic E-state index is -0.198. The molecule has 0 radical (unpaired) electrons. The molecule has 3 rings (SSSR count). The Hall–Kier alpha value is -2.08. The van der Waals surface area contributed by atoms with Gasteiger partial charge in [-0.25, -0.2) is 4.68 Å². The third-order valence-electron chi connectivity index (χ3n) is 2.83. The van der Waals surface area contributed by atoms with Crippen molar-refractivity contribution in [2.45, 2.75) is 12.5 Å². The first-order valence-electron chi connectivity index (χ1n) is 5.41. The number of halogens is 1. The summed E-state index contributed by atoms with van der Waals surface area (Å²) in [6.45, 7) is 0. The number of nitrogen functional groups attached to an aromatic ring is 1. The van der Waals surface area contributed by atoms with Crippen molar-refractivity contribution < 1.29 is 4.79 Å². The fourth-order valence-electron chi connectivity index (χ4n) is 2.02. The normalized spacial score (nSPS) is 18.3. The smallest absolute Gasteiger partial charge is 0.241 e. The van der Waals surface area contributed by atoms with E-state index in [0.29, 0.717) is 17.4 Å². The number of nitrogens with zero attached hydrogens (tertiary/aromatic N) is 3. The molecular formula is C11H10ClN5O. The van der Waals surface area contributed by atoms with E-state index in [-0.39, 0.29) is 17.9 Å². The molecule has 1 aromatic heterocycles. The van der Waals surface area contributed by atoms with E-state index in [1.54, 1.807) is 16.8 Å². The van der Waals surface area contributed by atoms with Crippen LogP contribution >= 0.6 is 11.6 Å². The maximum Gasteiger partial charge on any atom is 0.241 e. The molecule has 0 saturated carbocycles. The summed E-state index contributed by atoms with van der Waals surface area (Å²) in [5.41, 5.74) is 6.50. The zero-order valence-corrected chi connectivity index (χ0v) is 10.1. The Morgan fingerprint density at radius 3 is 2.83 bits per heavy atom. The quantitative estimate of drug-likeness (QED) is 0.815. The Morgan fingerprint density at radius 2 is 2.11 bits per heavy atom. The van der Waals surface area contributed by atoms with Crippen molar-refractivity contribution in [2.75, 3.05) is 11.1 Å². The summed E-state index contributed by atoms with van der Waals surface area (Å²) in [4.78, 5) is 15.6. The van der Waals surface area contributed by atoms with Crippen LogP contribution < -0.4 is 11.1 Å². The predicted molar refractivity (Wildman–Crippen MR) is 67.3 cm³/mol. The SMILES string of the molecule is Nc1nc2n(n1)[C@H](c1ccc(Cl)cc1)CC(=O)N2. The van der Waals surface area contributed by atoms with Crippen molar-refractivity contribution in [1.29, 1.82) is 0 Å². The lowest BCUT2D eigenvalue weighted by atomic mass is 10.0. The molecule has 7 heteroatoms. The lowest BCUT2D eigenvalue weighted by molar-refractivity contribution is -0.117. The second kappa shape index (κ2) is 3.99. The van der Waals surface area contributed by atoms with Gasteiger partial charge in [0.2, 0.25) is 17.8 Å². The van der Waals surface area contributed by atoms with E-state index in [1.807, 2.05) is 12.1 Å². The van der Waals surface area contributed by atoms with E-state index in [1.165, 1.54) is 0 Å². The Morgan fingerprint density at radius 1 is 1.39 bits per heavy atom. The number of benzene rings is 1. The minimum absolute atomic E-state index is 0.102. The van der Waals surface area contributed by atoms with E-state index in [0.717, 1.165) is 5.56 Å². The molecule has 18 heavy (non-hydrogen) atoms. The molecular weight excluding hydrogens is 254 g/mol. The molecule has 0 spiro atoms. The molecule has 1 aliphatic rings. The standard InChI is InChI=1S/C11H10ClN5O/c12-7-3-1-6(2-4-7)8-5-9(18)14-11-15-10(13)16-17(8)11/h1-4,8H,5H2,(H3,13,14,15,16,18)/t8-/m0/s1. The van der Waals surface area contributed by atoms with Gasteiger partial charge < -0.3 is 5.73 Å². The molecule has 0 saturated heterocycles. The van der Waals surface area contributed by atoms with E-state index in [9.17, 15) is 4.79 Å². The van der Waals surface area contributed by atoms with Crippen molar-refractivity contribution in [3.63, 3.8) is 0 Å². The summed E-state index contributed by atoms with van der Waals surface area (Å²) in [5.74, 6) is 0.421. The zero-order valence-electron chi connectivity index (χ0n) is 9.30. The monoisotopic (exact) mass is 263 g/mol. The number of nitrogens with two attached hydrogens (primary N) is 1. The number of nitrogens with one attached hydrogen (secondary N) is 1. The first-order valence-corrected chi connectivity index (χ1v) is 5.78. The largest absolute Gasteiger partial charge is 0.366 e. The zero-order chi connectivity index (χ0) is 12.7. The highest BCUT2D eigenvalue weighted by Gasteiger charge is 2.28. The van der Waals surface area contributed by atoms with E-state index in [4.69, 9.17) is 17.3 Å². The van der Waals surface area contributed by atoms with Crippen LogP contribution in [0.15, 0.2) is 24.3 Å². The first-order chi connectivity index (χ1) is 8.63. The van der Waals surface area contributed by atoms with Gasteiger partial charge in [0.05, 0.1) is 12.5 Å². The summed E-state index contributed by atoms with van der Waals surface area (Å²) in [7, 11) is 0. The molecule has 2 aromatic rings. The molecule has 2 heterocycles. The highest BCUT2D eigenvalue weighted by molar-refractivity contribution is 6.30. The van der Waals surface area contributed by atoms with Gasteiger partial charge in [0.15, 0.2) is 0 Å². The summed E-state index contributed by atoms with van der Waals surface area (Å²) in [6, 6.07) is 7.10. The molecule has 3 N–H and O–H groups in total. The van der Waals surface area contributed by atoms with Gasteiger partial charge in [-0.05, 0) is 17.7 Å². The lowest BCUT2D eigenvalue weighted by Gasteiger charge is -2.23. The molecule has 0 fully saturated rings. The van der Waals surface area contributed by atoms with Gasteiger partial charge in [-0.2, -0.15) is 4.98 Å². The maximum absolute atomic E-state index is 11.6. The lowest BCUT2D eigenvalue weighted by Crippen LogP contribution is -2.29. The van der Waals surface area contributed by atoms with Gasteiger partial charge in [0, 0.05) is 5.02 Å². The summed E-state index contributed by atoms with van der Waals surface area (Å²) in [6.07, 6.45) is 0.303. The van der Waals surface area contributed by atoms with Crippen LogP contribution in [0.25, 0.3) is 0 Å². The number of carbonyl (C=O) groups is 1. The van der Waals surface area contributed by atoms with Crippen LogP contribution in [-0.2, 0) is 4.79 Å². The molecule has 1 atom stereocenters. The fraction of sp³-hybridized carbons (Fsp3) is 0.182. The summed E-state index contributed by atoms with van der Waals surface area (Å²) >= 11 is 5.85. The van der Waals surface area contributed by atoms with E-state index in [2.05, 4.69) is 15.4 Å². The first kappa shape index (κ1) is 11.0. The molecule has 1 aliphatic heterocycles. The van der Waals surface area contributed by atoms with Crippen LogP contribution in [-0.4, -0.2) is 20.7 Å². The van der Waals surface area contributed by atoms with Crippen molar-refractivity contribution in [2.24, 2.45) is 0 Å². The molecule has 0 bridgehead atoms. The summed E-state index contributed by atoms with van der Waals surface area (Å²) < 4.78 is 1.62. The maximum atomic E-state index is 11.6. The Balaban J connectivity index is 2.06. The van der Waals surface area contributed by atoms with Crippen LogP contribution in [0.1, 0.15) is 18.0 Å². The molecule has 1 amide bonds.